The van der Waals surface area contributed by atoms with Crippen LogP contribution in [0.25, 0.3) is 41.1 Å². The number of methoxy groups -OCH3 is 2. The van der Waals surface area contributed by atoms with E-state index in [4.69, 9.17) is 28.4 Å². The average molecular weight is 981 g/mol. The number of benzene rings is 6. The third-order valence-electron chi connectivity index (χ3n) is 10.8. The maximum absolute atomic E-state index is 13.8. The van der Waals surface area contributed by atoms with Crippen LogP contribution in [0, 0.1) is 10.8 Å². The van der Waals surface area contributed by atoms with Gasteiger partial charge in [0.05, 0.1) is 25.0 Å². The van der Waals surface area contributed by atoms with E-state index >= 15 is 0 Å². The number of rotatable bonds is 14. The lowest BCUT2D eigenvalue weighted by Crippen LogP contribution is -2.24. The van der Waals surface area contributed by atoms with Crippen molar-refractivity contribution >= 4 is 66.4 Å². The van der Waals surface area contributed by atoms with Crippen LogP contribution in [-0.4, -0.2) is 61.5 Å². The molecule has 12 nitrogen and oxygen atoms in total. The van der Waals surface area contributed by atoms with Crippen molar-refractivity contribution in [3.05, 3.63) is 156 Å². The van der Waals surface area contributed by atoms with E-state index in [1.54, 1.807) is 158 Å². The summed E-state index contributed by atoms with van der Waals surface area (Å²) in [5.41, 5.74) is 2.66. The minimum atomic E-state index is -0.616. The third kappa shape index (κ3) is 11.8. The van der Waals surface area contributed by atoms with Gasteiger partial charge in [0.15, 0.2) is 11.6 Å². The SMILES string of the molecule is CC(C)(C)C(=O)OCOc1ccc(C(=O)c2c(-c3ccc(O)cc3)sc3cc(O)ccc23)cc1.COc1ccc(-c2sc3cc(OC)ccc3c2C(=O)c2ccc(OCOC(=O)C(C)(C)C)cc2)cc1. The maximum atomic E-state index is 13.8. The zero-order chi connectivity index (χ0) is 50.3. The standard InChI is InChI=1S/C29H28O6S.C27H24O6S/c1-29(2,3)28(31)35-17-34-21-12-6-18(7-13-21)26(30)25-23-15-14-22(33-5)16-24(23)36-27(25)19-8-10-20(32-4)11-9-19;1-27(2,3)26(31)33-15-32-20-11-6-16(7-12-20)24(30)23-21-13-10-19(29)14-22(21)34-25(23)17-4-8-18(28)9-5-17/h6-16H,17H2,1-5H3;4-14,28-29H,15H2,1-3H3. The molecule has 0 saturated carbocycles. The van der Waals surface area contributed by atoms with Crippen molar-refractivity contribution in [2.75, 3.05) is 27.8 Å². The molecule has 2 heterocycles. The van der Waals surface area contributed by atoms with Crippen LogP contribution in [0.4, 0.5) is 0 Å². The Kier molecular flexibility index (Phi) is 15.3. The number of phenols is 2. The minimum absolute atomic E-state index is 0.0945. The molecular formula is C56H52O12S2. The van der Waals surface area contributed by atoms with Crippen LogP contribution >= 0.6 is 22.7 Å². The lowest BCUT2D eigenvalue weighted by atomic mass is 9.97. The first-order valence-corrected chi connectivity index (χ1v) is 23.7. The summed E-state index contributed by atoms with van der Waals surface area (Å²) in [6.45, 7) is 10.2. The second-order valence-corrected chi connectivity index (χ2v) is 20.1. The molecule has 0 atom stereocenters. The highest BCUT2D eigenvalue weighted by Crippen LogP contribution is 2.43. The van der Waals surface area contributed by atoms with Crippen LogP contribution in [0.15, 0.2) is 133 Å². The molecule has 6 aromatic carbocycles. The summed E-state index contributed by atoms with van der Waals surface area (Å²) in [7, 11) is 3.25. The molecule has 0 saturated heterocycles. The summed E-state index contributed by atoms with van der Waals surface area (Å²) in [6, 6.07) is 38.4. The van der Waals surface area contributed by atoms with Crippen molar-refractivity contribution in [1.29, 1.82) is 0 Å². The van der Waals surface area contributed by atoms with E-state index in [1.165, 1.54) is 11.3 Å². The molecule has 2 N–H and O–H groups in total. The van der Waals surface area contributed by atoms with E-state index < -0.39 is 10.8 Å². The number of phenolic OH excluding ortho intramolecular Hbond substituents is 2. The molecule has 2 aromatic heterocycles. The molecule has 8 rings (SSSR count). The Morgan fingerprint density at radius 2 is 0.829 bits per heavy atom. The predicted molar refractivity (Wildman–Crippen MR) is 273 cm³/mol. The zero-order valence-corrected chi connectivity index (χ0v) is 41.5. The quantitative estimate of drug-likeness (QED) is 0.0603. The molecule has 0 aliphatic carbocycles. The van der Waals surface area contributed by atoms with E-state index in [0.29, 0.717) is 33.8 Å². The molecule has 8 aromatic rings. The fraction of sp³-hybridized carbons (Fsp3) is 0.214. The molecule has 0 spiro atoms. The Bertz CT molecular complexity index is 3150. The van der Waals surface area contributed by atoms with Crippen LogP contribution in [0.5, 0.6) is 34.5 Å². The van der Waals surface area contributed by atoms with Crippen LogP contribution < -0.4 is 18.9 Å². The fourth-order valence-corrected chi connectivity index (χ4v) is 9.40. The topological polar surface area (TPSA) is 164 Å². The lowest BCUT2D eigenvalue weighted by Gasteiger charge is -2.16. The molecule has 0 amide bonds. The highest BCUT2D eigenvalue weighted by atomic mass is 32.1. The first-order valence-electron chi connectivity index (χ1n) is 22.0. The third-order valence-corrected chi connectivity index (χ3v) is 13.2. The van der Waals surface area contributed by atoms with Crippen molar-refractivity contribution in [3.63, 3.8) is 0 Å². The number of fused-ring (bicyclic) bond motifs is 2. The van der Waals surface area contributed by atoms with E-state index in [2.05, 4.69) is 0 Å². The highest BCUT2D eigenvalue weighted by molar-refractivity contribution is 7.23. The monoisotopic (exact) mass is 980 g/mol. The number of carbonyl (C=O) groups is 4. The van der Waals surface area contributed by atoms with Crippen molar-refractivity contribution in [1.82, 2.24) is 0 Å². The second-order valence-electron chi connectivity index (χ2n) is 18.0. The van der Waals surface area contributed by atoms with Gasteiger partial charge in [-0.1, -0.05) is 0 Å². The molecule has 0 bridgehead atoms. The molecule has 0 aliphatic heterocycles. The van der Waals surface area contributed by atoms with Crippen LogP contribution in [-0.2, 0) is 19.1 Å². The van der Waals surface area contributed by atoms with Gasteiger partial charge in [0.25, 0.3) is 0 Å². The van der Waals surface area contributed by atoms with Crippen molar-refractivity contribution < 1.29 is 57.8 Å². The molecule has 360 valence electrons. The molecule has 70 heavy (non-hydrogen) atoms. The Hall–Kier alpha value is -7.68. The van der Waals surface area contributed by atoms with E-state index in [1.807, 2.05) is 42.5 Å². The summed E-state index contributed by atoms with van der Waals surface area (Å²) in [5.74, 6) is 1.74. The predicted octanol–water partition coefficient (Wildman–Crippen LogP) is 12.9. The van der Waals surface area contributed by atoms with Gasteiger partial charge in [-0.05, 0) is 186 Å². The van der Waals surface area contributed by atoms with Gasteiger partial charge in [0.1, 0.15) is 34.5 Å². The van der Waals surface area contributed by atoms with E-state index in [-0.39, 0.29) is 48.6 Å². The number of hydrogen-bond acceptors (Lipinski definition) is 14. The zero-order valence-electron chi connectivity index (χ0n) is 39.9. The van der Waals surface area contributed by atoms with Gasteiger partial charge in [-0.2, -0.15) is 0 Å². The maximum Gasteiger partial charge on any atom is 0.314 e. The van der Waals surface area contributed by atoms with Gasteiger partial charge in [-0.25, -0.2) is 0 Å². The second kappa shape index (κ2) is 21.3. The Morgan fingerprint density at radius 1 is 0.457 bits per heavy atom. The minimum Gasteiger partial charge on any atom is -0.508 e. The van der Waals surface area contributed by atoms with Crippen molar-refractivity contribution in [2.24, 2.45) is 10.8 Å². The molecular weight excluding hydrogens is 929 g/mol. The number of ether oxygens (including phenoxy) is 6. The molecule has 0 unspecified atom stereocenters. The summed E-state index contributed by atoms with van der Waals surface area (Å²) in [5, 5.41) is 21.2. The fourth-order valence-electron chi connectivity index (χ4n) is 6.93. The van der Waals surface area contributed by atoms with Crippen LogP contribution in [0.3, 0.4) is 0 Å². The highest BCUT2D eigenvalue weighted by Gasteiger charge is 2.26. The number of esters is 2. The van der Waals surface area contributed by atoms with Crippen LogP contribution in [0.1, 0.15) is 73.4 Å². The van der Waals surface area contributed by atoms with Gasteiger partial charge in [0.2, 0.25) is 13.6 Å². The number of hydrogen-bond donors (Lipinski definition) is 2. The number of carbonyl (C=O) groups excluding carboxylic acids is 4. The smallest absolute Gasteiger partial charge is 0.314 e. The summed E-state index contributed by atoms with van der Waals surface area (Å²) < 4.78 is 33.7. The summed E-state index contributed by atoms with van der Waals surface area (Å²) in [6.07, 6.45) is 0. The van der Waals surface area contributed by atoms with Gasteiger partial charge in [0, 0.05) is 52.2 Å². The first kappa shape index (κ1) is 50.2. The molecule has 14 heteroatoms. The number of ketones is 2. The van der Waals surface area contributed by atoms with Gasteiger partial charge in [-0.3, -0.25) is 19.2 Å². The van der Waals surface area contributed by atoms with Crippen molar-refractivity contribution in [3.8, 4) is 55.4 Å². The summed E-state index contributed by atoms with van der Waals surface area (Å²) in [4.78, 5) is 52.7. The molecule has 0 aliphatic rings. The largest absolute Gasteiger partial charge is 0.508 e. The Morgan fingerprint density at radius 3 is 1.26 bits per heavy atom. The van der Waals surface area contributed by atoms with Gasteiger partial charge < -0.3 is 38.6 Å². The molecule has 0 radical (unpaired) electrons. The van der Waals surface area contributed by atoms with Crippen molar-refractivity contribution in [2.45, 2.75) is 41.5 Å². The van der Waals surface area contributed by atoms with Gasteiger partial charge >= 0.3 is 11.9 Å². The van der Waals surface area contributed by atoms with Crippen LogP contribution in [0.2, 0.25) is 0 Å². The lowest BCUT2D eigenvalue weighted by molar-refractivity contribution is -0.160. The Labute approximate surface area is 413 Å². The number of aromatic hydroxyl groups is 2. The number of thiophene rings is 2. The average Bonchev–Trinajstić information content (AvgIpc) is 3.92. The first-order chi connectivity index (χ1) is 33.3. The van der Waals surface area contributed by atoms with E-state index in [0.717, 1.165) is 52.6 Å². The van der Waals surface area contributed by atoms with Gasteiger partial charge in [-0.15, -0.1) is 22.7 Å². The molecule has 0 fully saturated rings. The van der Waals surface area contributed by atoms with E-state index in [9.17, 15) is 29.4 Å². The normalized spacial score (nSPS) is 11.3. The Balaban J connectivity index is 0.000000207. The summed E-state index contributed by atoms with van der Waals surface area (Å²) >= 11 is 2.95.